The molecule has 0 N–H and O–H groups in total. The van der Waals surface area contributed by atoms with Crippen molar-refractivity contribution in [2.24, 2.45) is 0 Å². The Morgan fingerprint density at radius 3 is 2.60 bits per heavy atom. The van der Waals surface area contributed by atoms with Crippen molar-refractivity contribution in [1.29, 1.82) is 5.26 Å². The normalized spacial score (nSPS) is 18.9. The maximum Gasteiger partial charge on any atom is 0.416 e. The quantitative estimate of drug-likeness (QED) is 0.400. The number of hydrogen-bond acceptors (Lipinski definition) is 6. The van der Waals surface area contributed by atoms with Gasteiger partial charge >= 0.3 is 12.2 Å². The zero-order chi connectivity index (χ0) is 30.5. The number of aromatic nitrogens is 1. The third kappa shape index (κ3) is 5.16. The van der Waals surface area contributed by atoms with Gasteiger partial charge in [0.05, 0.1) is 41.2 Å². The molecule has 43 heavy (non-hydrogen) atoms. The second-order valence-corrected chi connectivity index (χ2v) is 10.7. The first-order chi connectivity index (χ1) is 20.5. The number of fused-ring (bicyclic) bond motifs is 1. The van der Waals surface area contributed by atoms with Crippen LogP contribution in [-0.2, 0) is 28.7 Å². The van der Waals surface area contributed by atoms with E-state index in [1.165, 1.54) is 21.9 Å². The summed E-state index contributed by atoms with van der Waals surface area (Å²) in [5.41, 5.74) is 1.24. The number of nitrogens with zero attached hydrogens (tertiary/aromatic N) is 5. The Morgan fingerprint density at radius 2 is 1.88 bits per heavy atom. The Hall–Kier alpha value is -4.92. The number of halogens is 3. The van der Waals surface area contributed by atoms with E-state index in [4.69, 9.17) is 4.42 Å². The van der Waals surface area contributed by atoms with Crippen LogP contribution in [0, 0.1) is 18.3 Å². The number of carbonyl (C=O) groups is 3. The van der Waals surface area contributed by atoms with Gasteiger partial charge in [-0.15, -0.1) is 0 Å². The summed E-state index contributed by atoms with van der Waals surface area (Å²) >= 11 is 0. The van der Waals surface area contributed by atoms with Gasteiger partial charge < -0.3 is 14.2 Å². The van der Waals surface area contributed by atoms with Crippen molar-refractivity contribution in [3.05, 3.63) is 93.8 Å². The Bertz CT molecular complexity index is 1700. The topological polar surface area (TPSA) is 111 Å². The molecule has 1 unspecified atom stereocenters. The number of rotatable bonds is 4. The number of amides is 3. The van der Waals surface area contributed by atoms with Crippen LogP contribution in [-0.4, -0.2) is 45.6 Å². The fourth-order valence-corrected chi connectivity index (χ4v) is 6.02. The molecular weight excluding hydrogens is 563 g/mol. The molecule has 3 aliphatic rings. The molecule has 1 atom stereocenters. The van der Waals surface area contributed by atoms with Crippen molar-refractivity contribution in [1.82, 2.24) is 14.8 Å². The molecule has 9 nitrogen and oxygen atoms in total. The Morgan fingerprint density at radius 1 is 1.12 bits per heavy atom. The van der Waals surface area contributed by atoms with E-state index in [1.54, 1.807) is 31.2 Å². The van der Waals surface area contributed by atoms with Crippen LogP contribution >= 0.6 is 0 Å². The first-order valence-corrected chi connectivity index (χ1v) is 13.8. The van der Waals surface area contributed by atoms with Crippen LogP contribution in [0.1, 0.15) is 59.3 Å². The lowest BCUT2D eigenvalue weighted by Crippen LogP contribution is -2.55. The number of ketones is 1. The molecule has 0 radical (unpaired) electrons. The predicted molar refractivity (Wildman–Crippen MR) is 146 cm³/mol. The van der Waals surface area contributed by atoms with Gasteiger partial charge in [0.15, 0.2) is 11.7 Å². The standard InChI is InChI=1S/C31H26F3N5O4/c1-18-36-23-12-13-37(16-26(23)43-18)27(41)17-38-29(20-10-8-19(15-35)9-11-20)28-24(6-3-7-25(28)40)39(30(38)42)22-5-2-4-21(14-22)31(32,33)34/h2,4-5,8-11,14,29H,3,6-7,12-13,16-17H2,1H3. The molecule has 0 spiro atoms. The molecule has 3 heterocycles. The van der Waals surface area contributed by atoms with E-state index in [1.807, 2.05) is 6.07 Å². The number of allylic oxidation sites excluding steroid dienone is 1. The number of alkyl halides is 3. The van der Waals surface area contributed by atoms with Crippen LogP contribution < -0.4 is 4.90 Å². The van der Waals surface area contributed by atoms with Gasteiger partial charge in [0.25, 0.3) is 0 Å². The van der Waals surface area contributed by atoms with Gasteiger partial charge in [-0.3, -0.25) is 14.5 Å². The summed E-state index contributed by atoms with van der Waals surface area (Å²) in [5.74, 6) is 0.377. The molecule has 2 aliphatic heterocycles. The van der Waals surface area contributed by atoms with Crippen LogP contribution in [0.5, 0.6) is 0 Å². The van der Waals surface area contributed by atoms with E-state index in [0.717, 1.165) is 22.7 Å². The Kier molecular flexibility index (Phi) is 7.04. The predicted octanol–water partition coefficient (Wildman–Crippen LogP) is 5.45. The molecule has 1 aliphatic carbocycles. The fraction of sp³-hybridized carbons (Fsp3) is 0.323. The first kappa shape index (κ1) is 28.2. The molecule has 0 saturated carbocycles. The van der Waals surface area contributed by atoms with Gasteiger partial charge in [-0.05, 0) is 48.7 Å². The summed E-state index contributed by atoms with van der Waals surface area (Å²) in [4.78, 5) is 49.9. The van der Waals surface area contributed by atoms with Gasteiger partial charge in [-0.25, -0.2) is 9.78 Å². The number of oxazole rings is 1. The molecule has 0 saturated heterocycles. The highest BCUT2D eigenvalue weighted by Gasteiger charge is 2.46. The van der Waals surface area contributed by atoms with Crippen LogP contribution in [0.4, 0.5) is 23.7 Å². The average molecular weight is 590 g/mol. The Labute approximate surface area is 244 Å². The van der Waals surface area contributed by atoms with Crippen molar-refractivity contribution in [3.63, 3.8) is 0 Å². The number of nitriles is 1. The molecule has 2 aromatic carbocycles. The highest BCUT2D eigenvalue weighted by Crippen LogP contribution is 2.45. The molecule has 3 amide bonds. The van der Waals surface area contributed by atoms with E-state index < -0.39 is 36.3 Å². The van der Waals surface area contributed by atoms with Crippen molar-refractivity contribution < 1.29 is 32.0 Å². The molecule has 220 valence electrons. The summed E-state index contributed by atoms with van der Waals surface area (Å²) in [5, 5.41) is 9.31. The second kappa shape index (κ2) is 10.7. The van der Waals surface area contributed by atoms with Crippen molar-refractivity contribution >= 4 is 23.4 Å². The monoisotopic (exact) mass is 589 g/mol. The van der Waals surface area contributed by atoms with Gasteiger partial charge in [-0.2, -0.15) is 18.4 Å². The van der Waals surface area contributed by atoms with Crippen LogP contribution in [0.3, 0.4) is 0 Å². The fourth-order valence-electron chi connectivity index (χ4n) is 6.02. The summed E-state index contributed by atoms with van der Waals surface area (Å²) in [6.45, 7) is 1.77. The maximum atomic E-state index is 14.3. The van der Waals surface area contributed by atoms with Crippen molar-refractivity contribution in [2.45, 2.75) is 51.4 Å². The summed E-state index contributed by atoms with van der Waals surface area (Å²) < 4.78 is 46.7. The molecule has 3 aromatic rings. The summed E-state index contributed by atoms with van der Waals surface area (Å²) in [6, 6.07) is 11.1. The molecular formula is C31H26F3N5O4. The van der Waals surface area contributed by atoms with Crippen LogP contribution in [0.2, 0.25) is 0 Å². The second-order valence-electron chi connectivity index (χ2n) is 10.7. The lowest BCUT2D eigenvalue weighted by atomic mass is 9.83. The number of anilines is 1. The minimum absolute atomic E-state index is 0.0440. The molecule has 12 heteroatoms. The highest BCUT2D eigenvalue weighted by molar-refractivity contribution is 6.07. The zero-order valence-corrected chi connectivity index (χ0v) is 23.1. The number of benzene rings is 2. The first-order valence-electron chi connectivity index (χ1n) is 13.8. The zero-order valence-electron chi connectivity index (χ0n) is 23.1. The van der Waals surface area contributed by atoms with Gasteiger partial charge in [0, 0.05) is 37.6 Å². The van der Waals surface area contributed by atoms with Crippen molar-refractivity contribution in [3.8, 4) is 6.07 Å². The lowest BCUT2D eigenvalue weighted by Gasteiger charge is -2.45. The van der Waals surface area contributed by atoms with Gasteiger partial charge in [0.1, 0.15) is 12.3 Å². The number of hydrogen-bond donors (Lipinski definition) is 0. The van der Waals surface area contributed by atoms with Crippen LogP contribution in [0.25, 0.3) is 0 Å². The number of aryl methyl sites for hydroxylation is 1. The number of Topliss-reactive ketones (excluding diaryl/α,β-unsaturated/α-hetero) is 1. The summed E-state index contributed by atoms with van der Waals surface area (Å²) in [7, 11) is 0. The van der Waals surface area contributed by atoms with E-state index in [-0.39, 0.29) is 36.4 Å². The van der Waals surface area contributed by atoms with Gasteiger partial charge in [0.2, 0.25) is 5.91 Å². The van der Waals surface area contributed by atoms with E-state index in [2.05, 4.69) is 4.98 Å². The minimum atomic E-state index is -4.65. The lowest BCUT2D eigenvalue weighted by molar-refractivity contribution is -0.137. The Balaban J connectivity index is 1.45. The van der Waals surface area contributed by atoms with E-state index in [0.29, 0.717) is 47.9 Å². The molecule has 1 aromatic heterocycles. The smallest absolute Gasteiger partial charge is 0.416 e. The minimum Gasteiger partial charge on any atom is -0.444 e. The third-order valence-electron chi connectivity index (χ3n) is 8.00. The SMILES string of the molecule is Cc1nc2c(o1)CN(C(=O)CN1C(=O)N(c3cccc(C(F)(F)F)c3)C3=C(C(=O)CCC3)C1c1ccc(C#N)cc1)CC2. The van der Waals surface area contributed by atoms with Crippen LogP contribution in [0.15, 0.2) is 64.2 Å². The number of carbonyl (C=O) groups excluding carboxylic acids is 3. The summed E-state index contributed by atoms with van der Waals surface area (Å²) in [6.07, 6.45) is -3.28. The maximum absolute atomic E-state index is 14.3. The molecule has 0 fully saturated rings. The average Bonchev–Trinajstić information content (AvgIpc) is 3.37. The van der Waals surface area contributed by atoms with Crippen molar-refractivity contribution in [2.75, 3.05) is 18.0 Å². The number of urea groups is 1. The highest BCUT2D eigenvalue weighted by atomic mass is 19.4. The third-order valence-corrected chi connectivity index (χ3v) is 8.00. The van der Waals surface area contributed by atoms with Gasteiger partial charge in [-0.1, -0.05) is 18.2 Å². The largest absolute Gasteiger partial charge is 0.444 e. The molecule has 6 rings (SSSR count). The molecule has 0 bridgehead atoms. The van der Waals surface area contributed by atoms with E-state index in [9.17, 15) is 32.8 Å². The van der Waals surface area contributed by atoms with E-state index >= 15 is 0 Å².